The monoisotopic (exact) mass is 354 g/mol. The summed E-state index contributed by atoms with van der Waals surface area (Å²) in [7, 11) is 0. The average Bonchev–Trinajstić information content (AvgIpc) is 2.62. The SMILES string of the molecule is N#Cc1cc(NCCc2ccc(F)cc2F)nc2ccc([N+](=O)[O-])cc12. The van der Waals surface area contributed by atoms with Crippen LogP contribution in [0.2, 0.25) is 0 Å². The zero-order chi connectivity index (χ0) is 18.7. The van der Waals surface area contributed by atoms with Crippen LogP contribution in [0.1, 0.15) is 11.1 Å². The number of nitrogens with zero attached hydrogens (tertiary/aromatic N) is 3. The lowest BCUT2D eigenvalue weighted by atomic mass is 10.1. The summed E-state index contributed by atoms with van der Waals surface area (Å²) in [5.41, 5.74) is 0.915. The third-order valence-electron chi connectivity index (χ3n) is 3.84. The van der Waals surface area contributed by atoms with Crippen molar-refractivity contribution in [1.29, 1.82) is 5.26 Å². The smallest absolute Gasteiger partial charge is 0.270 e. The molecule has 0 fully saturated rings. The zero-order valence-electron chi connectivity index (χ0n) is 13.4. The van der Waals surface area contributed by atoms with Crippen LogP contribution in [0, 0.1) is 33.1 Å². The summed E-state index contributed by atoms with van der Waals surface area (Å²) in [5.74, 6) is -0.864. The number of anilines is 1. The Morgan fingerprint density at radius 2 is 2.00 bits per heavy atom. The summed E-state index contributed by atoms with van der Waals surface area (Å²) in [6.45, 7) is 0.318. The van der Waals surface area contributed by atoms with Crippen LogP contribution in [0.5, 0.6) is 0 Å². The van der Waals surface area contributed by atoms with E-state index in [-0.39, 0.29) is 11.3 Å². The van der Waals surface area contributed by atoms with Crippen molar-refractivity contribution in [3.05, 3.63) is 75.3 Å². The van der Waals surface area contributed by atoms with Crippen LogP contribution in [0.15, 0.2) is 42.5 Å². The molecule has 26 heavy (non-hydrogen) atoms. The van der Waals surface area contributed by atoms with Crippen LogP contribution in [-0.2, 0) is 6.42 Å². The van der Waals surface area contributed by atoms with Gasteiger partial charge in [0.25, 0.3) is 5.69 Å². The van der Waals surface area contributed by atoms with Crippen LogP contribution >= 0.6 is 0 Å². The molecule has 0 unspecified atom stereocenters. The second kappa shape index (κ2) is 7.11. The number of nitro groups is 1. The van der Waals surface area contributed by atoms with Crippen molar-refractivity contribution in [2.45, 2.75) is 6.42 Å². The molecule has 0 saturated carbocycles. The fourth-order valence-corrected chi connectivity index (χ4v) is 2.56. The Hall–Kier alpha value is -3.60. The van der Waals surface area contributed by atoms with Crippen LogP contribution in [0.3, 0.4) is 0 Å². The van der Waals surface area contributed by atoms with E-state index in [1.54, 1.807) is 0 Å². The molecule has 0 saturated heterocycles. The van der Waals surface area contributed by atoms with Gasteiger partial charge >= 0.3 is 0 Å². The number of hydrogen-bond donors (Lipinski definition) is 1. The molecule has 1 heterocycles. The summed E-state index contributed by atoms with van der Waals surface area (Å²) in [4.78, 5) is 14.6. The van der Waals surface area contributed by atoms with Gasteiger partial charge in [0.15, 0.2) is 0 Å². The minimum Gasteiger partial charge on any atom is -0.370 e. The predicted molar refractivity (Wildman–Crippen MR) is 91.7 cm³/mol. The lowest BCUT2D eigenvalue weighted by Gasteiger charge is -2.09. The molecule has 1 N–H and O–H groups in total. The molecular formula is C18H12F2N4O2. The van der Waals surface area contributed by atoms with E-state index in [9.17, 15) is 24.2 Å². The molecule has 3 aromatic rings. The van der Waals surface area contributed by atoms with E-state index in [0.717, 1.165) is 6.07 Å². The number of fused-ring (bicyclic) bond motifs is 1. The molecule has 0 radical (unpaired) electrons. The lowest BCUT2D eigenvalue weighted by molar-refractivity contribution is -0.384. The fraction of sp³-hybridized carbons (Fsp3) is 0.111. The second-order valence-corrected chi connectivity index (χ2v) is 5.54. The number of non-ortho nitro benzene ring substituents is 1. The van der Waals surface area contributed by atoms with Gasteiger partial charge in [-0.25, -0.2) is 13.8 Å². The Bertz CT molecular complexity index is 1050. The molecule has 3 rings (SSSR count). The normalized spacial score (nSPS) is 10.5. The van der Waals surface area contributed by atoms with Gasteiger partial charge in [-0.2, -0.15) is 5.26 Å². The van der Waals surface area contributed by atoms with Crippen LogP contribution < -0.4 is 5.32 Å². The van der Waals surface area contributed by atoms with E-state index in [4.69, 9.17) is 0 Å². The highest BCUT2D eigenvalue weighted by atomic mass is 19.1. The first-order valence-electron chi connectivity index (χ1n) is 7.65. The van der Waals surface area contributed by atoms with E-state index in [1.807, 2.05) is 6.07 Å². The van der Waals surface area contributed by atoms with Crippen LogP contribution in [-0.4, -0.2) is 16.5 Å². The van der Waals surface area contributed by atoms with Crippen molar-refractivity contribution in [3.63, 3.8) is 0 Å². The number of nitriles is 1. The summed E-state index contributed by atoms with van der Waals surface area (Å²) in [6, 6.07) is 11.0. The Kier molecular flexibility index (Phi) is 4.71. The number of rotatable bonds is 5. The number of benzene rings is 2. The fourth-order valence-electron chi connectivity index (χ4n) is 2.56. The number of halogens is 2. The number of pyridine rings is 1. The van der Waals surface area contributed by atoms with Crippen LogP contribution in [0.4, 0.5) is 20.3 Å². The van der Waals surface area contributed by atoms with Crippen LogP contribution in [0.25, 0.3) is 10.9 Å². The molecule has 0 aliphatic heterocycles. The number of nitrogens with one attached hydrogen (secondary N) is 1. The van der Waals surface area contributed by atoms with Crippen molar-refractivity contribution in [2.75, 3.05) is 11.9 Å². The highest BCUT2D eigenvalue weighted by molar-refractivity contribution is 5.88. The largest absolute Gasteiger partial charge is 0.370 e. The molecule has 130 valence electrons. The zero-order valence-corrected chi connectivity index (χ0v) is 13.4. The summed E-state index contributed by atoms with van der Waals surface area (Å²) in [5, 5.41) is 23.5. The molecule has 0 aliphatic rings. The molecular weight excluding hydrogens is 342 g/mol. The molecule has 0 amide bonds. The van der Waals surface area contributed by atoms with Gasteiger partial charge in [-0.05, 0) is 30.2 Å². The highest BCUT2D eigenvalue weighted by Crippen LogP contribution is 2.25. The minimum absolute atomic E-state index is 0.122. The summed E-state index contributed by atoms with van der Waals surface area (Å²) >= 11 is 0. The average molecular weight is 354 g/mol. The van der Waals surface area contributed by atoms with Gasteiger partial charge in [-0.1, -0.05) is 6.07 Å². The molecule has 0 bridgehead atoms. The lowest BCUT2D eigenvalue weighted by Crippen LogP contribution is -2.08. The first-order valence-corrected chi connectivity index (χ1v) is 7.65. The molecule has 8 heteroatoms. The van der Waals surface area contributed by atoms with Gasteiger partial charge in [-0.15, -0.1) is 0 Å². The van der Waals surface area contributed by atoms with Gasteiger partial charge in [-0.3, -0.25) is 10.1 Å². The maximum Gasteiger partial charge on any atom is 0.270 e. The Balaban J connectivity index is 1.81. The maximum absolute atomic E-state index is 13.6. The van der Waals surface area contributed by atoms with Gasteiger partial charge < -0.3 is 5.32 Å². The Morgan fingerprint density at radius 3 is 2.69 bits per heavy atom. The van der Waals surface area contributed by atoms with Crippen molar-refractivity contribution < 1.29 is 13.7 Å². The van der Waals surface area contributed by atoms with Gasteiger partial charge in [0.05, 0.1) is 22.1 Å². The molecule has 0 atom stereocenters. The van der Waals surface area contributed by atoms with E-state index < -0.39 is 16.6 Å². The molecule has 2 aromatic carbocycles. The third kappa shape index (κ3) is 3.57. The Labute approximate surface area is 146 Å². The standard InChI is InChI=1S/C18H12F2N4O2/c19-13-2-1-11(16(20)8-13)5-6-22-18-7-12(10-21)15-9-14(24(25)26)3-4-17(15)23-18/h1-4,7-9H,5-6H2,(H,22,23). The van der Waals surface area contributed by atoms with Crippen molar-refractivity contribution >= 4 is 22.4 Å². The van der Waals surface area contributed by atoms with E-state index in [0.29, 0.717) is 35.2 Å². The van der Waals surface area contributed by atoms with Crippen molar-refractivity contribution in [1.82, 2.24) is 4.98 Å². The molecule has 0 aliphatic carbocycles. The number of nitro benzene ring substituents is 1. The summed E-state index contributed by atoms with van der Waals surface area (Å²) in [6.07, 6.45) is 0.300. The van der Waals surface area contributed by atoms with E-state index in [1.165, 1.54) is 36.4 Å². The first-order chi connectivity index (χ1) is 12.5. The summed E-state index contributed by atoms with van der Waals surface area (Å²) < 4.78 is 26.5. The Morgan fingerprint density at radius 1 is 1.19 bits per heavy atom. The second-order valence-electron chi connectivity index (χ2n) is 5.54. The first kappa shape index (κ1) is 17.2. The van der Waals surface area contributed by atoms with E-state index >= 15 is 0 Å². The van der Waals surface area contributed by atoms with E-state index in [2.05, 4.69) is 10.3 Å². The van der Waals surface area contributed by atoms with Crippen molar-refractivity contribution in [3.8, 4) is 6.07 Å². The number of hydrogen-bond acceptors (Lipinski definition) is 5. The van der Waals surface area contributed by atoms with Gasteiger partial charge in [0, 0.05) is 30.1 Å². The molecule has 6 nitrogen and oxygen atoms in total. The molecule has 0 spiro atoms. The molecule has 1 aromatic heterocycles. The predicted octanol–water partition coefficient (Wildman–Crippen LogP) is 3.95. The number of aromatic nitrogens is 1. The topological polar surface area (TPSA) is 91.8 Å². The van der Waals surface area contributed by atoms with Gasteiger partial charge in [0.1, 0.15) is 17.5 Å². The minimum atomic E-state index is -0.636. The van der Waals surface area contributed by atoms with Crippen molar-refractivity contribution in [2.24, 2.45) is 0 Å². The third-order valence-corrected chi connectivity index (χ3v) is 3.84. The quantitative estimate of drug-likeness (QED) is 0.553. The highest BCUT2D eigenvalue weighted by Gasteiger charge is 2.12. The maximum atomic E-state index is 13.6. The van der Waals surface area contributed by atoms with Gasteiger partial charge in [0.2, 0.25) is 0 Å².